The van der Waals surface area contributed by atoms with Gasteiger partial charge in [0.05, 0.1) is 16.6 Å². The Balaban J connectivity index is 1.94. The molecule has 0 amide bonds. The molecule has 1 unspecified atom stereocenters. The van der Waals surface area contributed by atoms with Gasteiger partial charge in [-0.05, 0) is 17.7 Å². The minimum Gasteiger partial charge on any atom is -0.351 e. The Bertz CT molecular complexity index is 1130. The quantitative estimate of drug-likeness (QED) is 0.581. The first-order valence-corrected chi connectivity index (χ1v) is 9.18. The lowest BCUT2D eigenvalue weighted by molar-refractivity contribution is -0.427. The number of aromatic amines is 1. The van der Waals surface area contributed by atoms with E-state index in [0.717, 1.165) is 28.8 Å². The molecule has 0 aliphatic heterocycles. The number of benzene rings is 2. The number of hydrogen-bond donors (Lipinski definition) is 2. The lowest BCUT2D eigenvalue weighted by atomic mass is 9.96. The summed E-state index contributed by atoms with van der Waals surface area (Å²) in [5.41, 5.74) is 9.89. The van der Waals surface area contributed by atoms with Crippen LogP contribution in [0.15, 0.2) is 77.7 Å². The third-order valence-corrected chi connectivity index (χ3v) is 4.99. The van der Waals surface area contributed by atoms with E-state index in [1.165, 1.54) is 5.56 Å². The van der Waals surface area contributed by atoms with E-state index in [0.29, 0.717) is 10.9 Å². The molecular weight excluding hydrogens is 334 g/mol. The average molecular weight is 356 g/mol. The van der Waals surface area contributed by atoms with Gasteiger partial charge in [0.1, 0.15) is 6.04 Å². The Morgan fingerprint density at radius 3 is 2.44 bits per heavy atom. The van der Waals surface area contributed by atoms with Crippen LogP contribution in [0.4, 0.5) is 0 Å². The van der Waals surface area contributed by atoms with Crippen molar-refractivity contribution in [1.29, 1.82) is 0 Å². The minimum absolute atomic E-state index is 0.123. The van der Waals surface area contributed by atoms with Gasteiger partial charge in [0.25, 0.3) is 5.56 Å². The summed E-state index contributed by atoms with van der Waals surface area (Å²) < 4.78 is 0. The average Bonchev–Trinajstić information content (AvgIpc) is 2.73. The number of rotatable bonds is 4. The van der Waals surface area contributed by atoms with Crippen molar-refractivity contribution in [2.75, 3.05) is 0 Å². The van der Waals surface area contributed by atoms with Gasteiger partial charge in [-0.25, -0.2) is 4.98 Å². The smallest absolute Gasteiger partial charge is 0.257 e. The first-order valence-electron chi connectivity index (χ1n) is 9.18. The van der Waals surface area contributed by atoms with Gasteiger partial charge in [0.2, 0.25) is 0 Å². The van der Waals surface area contributed by atoms with Crippen LogP contribution in [-0.2, 0) is 0 Å². The molecule has 2 aromatic carbocycles. The van der Waals surface area contributed by atoms with Crippen LogP contribution in [0, 0.1) is 0 Å². The molecule has 1 atom stereocenters. The van der Waals surface area contributed by atoms with Crippen molar-refractivity contribution in [3.63, 3.8) is 0 Å². The Morgan fingerprint density at radius 1 is 1.00 bits per heavy atom. The number of aromatic nitrogens is 2. The maximum absolute atomic E-state index is 12.3. The normalized spacial score (nSPS) is 12.2. The highest BCUT2D eigenvalue weighted by molar-refractivity contribution is 5.91. The van der Waals surface area contributed by atoms with Crippen molar-refractivity contribution in [3.05, 3.63) is 88.8 Å². The second kappa shape index (κ2) is 7.17. The highest BCUT2D eigenvalue weighted by Crippen LogP contribution is 2.33. The molecule has 4 aromatic rings. The molecule has 4 N–H and O–H groups in total. The van der Waals surface area contributed by atoms with Crippen molar-refractivity contribution in [3.8, 4) is 22.4 Å². The predicted molar refractivity (Wildman–Crippen MR) is 109 cm³/mol. The molecular formula is C23H22N3O+. The third-order valence-electron chi connectivity index (χ3n) is 4.99. The van der Waals surface area contributed by atoms with Crippen LogP contribution in [0.25, 0.3) is 33.3 Å². The summed E-state index contributed by atoms with van der Waals surface area (Å²) in [7, 11) is 0. The largest absolute Gasteiger partial charge is 0.351 e. The molecule has 0 aliphatic rings. The molecule has 2 heterocycles. The summed E-state index contributed by atoms with van der Waals surface area (Å²) in [6.07, 6.45) is 2.65. The molecule has 0 saturated heterocycles. The number of nitrogens with one attached hydrogen (secondary N) is 1. The Kier molecular flexibility index (Phi) is 4.57. The van der Waals surface area contributed by atoms with Crippen molar-refractivity contribution >= 4 is 10.9 Å². The molecule has 0 fully saturated rings. The van der Waals surface area contributed by atoms with E-state index in [1.54, 1.807) is 6.20 Å². The molecule has 0 radical (unpaired) electrons. The minimum atomic E-state index is -0.123. The van der Waals surface area contributed by atoms with Gasteiger partial charge >= 0.3 is 0 Å². The van der Waals surface area contributed by atoms with E-state index >= 15 is 0 Å². The van der Waals surface area contributed by atoms with Gasteiger partial charge in [-0.15, -0.1) is 0 Å². The molecule has 4 rings (SSSR count). The lowest BCUT2D eigenvalue weighted by Crippen LogP contribution is -2.53. The van der Waals surface area contributed by atoms with E-state index in [2.05, 4.69) is 41.9 Å². The van der Waals surface area contributed by atoms with Crippen molar-refractivity contribution in [1.82, 2.24) is 9.97 Å². The van der Waals surface area contributed by atoms with Crippen LogP contribution >= 0.6 is 0 Å². The predicted octanol–water partition coefficient (Wildman–Crippen LogP) is 3.95. The number of hydrogen-bond acceptors (Lipinski definition) is 2. The van der Waals surface area contributed by atoms with E-state index in [-0.39, 0.29) is 11.6 Å². The molecule has 4 heteroatoms. The number of quaternary nitrogens is 1. The SMILES string of the molecule is CCC([NH3+])c1ccc(-c2nc3cc[nH]c(=O)c3cc2-c2ccccc2)cc1. The van der Waals surface area contributed by atoms with Gasteiger partial charge in [-0.2, -0.15) is 0 Å². The van der Waals surface area contributed by atoms with Crippen LogP contribution in [-0.4, -0.2) is 9.97 Å². The molecule has 0 aliphatic carbocycles. The Labute approximate surface area is 157 Å². The summed E-state index contributed by atoms with van der Waals surface area (Å²) >= 11 is 0. The zero-order valence-electron chi connectivity index (χ0n) is 15.3. The first kappa shape index (κ1) is 17.2. The van der Waals surface area contributed by atoms with Crippen LogP contribution in [0.3, 0.4) is 0 Å². The zero-order chi connectivity index (χ0) is 18.8. The van der Waals surface area contributed by atoms with E-state index in [9.17, 15) is 4.79 Å². The fourth-order valence-corrected chi connectivity index (χ4v) is 3.32. The van der Waals surface area contributed by atoms with Gasteiger partial charge in [-0.1, -0.05) is 61.5 Å². The third kappa shape index (κ3) is 3.27. The number of pyridine rings is 2. The Morgan fingerprint density at radius 2 is 1.74 bits per heavy atom. The van der Waals surface area contributed by atoms with Gasteiger partial charge < -0.3 is 10.7 Å². The van der Waals surface area contributed by atoms with Gasteiger partial charge in [0, 0.05) is 29.3 Å². The summed E-state index contributed by atoms with van der Waals surface area (Å²) in [5.74, 6) is 0. The van der Waals surface area contributed by atoms with E-state index in [4.69, 9.17) is 4.98 Å². The summed E-state index contributed by atoms with van der Waals surface area (Å²) in [6, 6.07) is 22.6. The molecule has 2 aromatic heterocycles. The van der Waals surface area contributed by atoms with Gasteiger partial charge in [-0.3, -0.25) is 4.79 Å². The molecule has 0 bridgehead atoms. The van der Waals surface area contributed by atoms with E-state index in [1.807, 2.05) is 42.5 Å². The molecule has 134 valence electrons. The van der Waals surface area contributed by atoms with Crippen molar-refractivity contribution < 1.29 is 5.73 Å². The zero-order valence-corrected chi connectivity index (χ0v) is 15.3. The van der Waals surface area contributed by atoms with Crippen LogP contribution in [0.2, 0.25) is 0 Å². The maximum Gasteiger partial charge on any atom is 0.257 e. The van der Waals surface area contributed by atoms with Crippen LogP contribution in [0.5, 0.6) is 0 Å². The summed E-state index contributed by atoms with van der Waals surface area (Å²) in [5, 5.41) is 0.598. The lowest BCUT2D eigenvalue weighted by Gasteiger charge is -2.12. The highest BCUT2D eigenvalue weighted by atomic mass is 16.1. The van der Waals surface area contributed by atoms with Crippen LogP contribution < -0.4 is 11.3 Å². The topological polar surface area (TPSA) is 73.4 Å². The first-order chi connectivity index (χ1) is 13.2. The summed E-state index contributed by atoms with van der Waals surface area (Å²) in [4.78, 5) is 19.8. The van der Waals surface area contributed by atoms with E-state index < -0.39 is 0 Å². The maximum atomic E-state index is 12.3. The summed E-state index contributed by atoms with van der Waals surface area (Å²) in [6.45, 7) is 2.14. The molecule has 4 nitrogen and oxygen atoms in total. The molecule has 0 saturated carbocycles. The van der Waals surface area contributed by atoms with Crippen molar-refractivity contribution in [2.24, 2.45) is 0 Å². The number of nitrogens with zero attached hydrogens (tertiary/aromatic N) is 1. The number of H-pyrrole nitrogens is 1. The second-order valence-corrected chi connectivity index (χ2v) is 6.72. The fraction of sp³-hybridized carbons (Fsp3) is 0.130. The van der Waals surface area contributed by atoms with Crippen LogP contribution in [0.1, 0.15) is 24.9 Å². The Hall–Kier alpha value is -3.24. The monoisotopic (exact) mass is 356 g/mol. The standard InChI is InChI=1S/C23H21N3O/c1-2-20(24)16-8-10-17(11-9-16)22-18(15-6-4-3-5-7-15)14-19-21(26-22)12-13-25-23(19)27/h3-14,20H,2,24H2,1H3,(H,25,27)/p+1. The second-order valence-electron chi connectivity index (χ2n) is 6.72. The fourth-order valence-electron chi connectivity index (χ4n) is 3.32. The van der Waals surface area contributed by atoms with Crippen molar-refractivity contribution in [2.45, 2.75) is 19.4 Å². The number of fused-ring (bicyclic) bond motifs is 1. The highest BCUT2D eigenvalue weighted by Gasteiger charge is 2.14. The molecule has 0 spiro atoms. The van der Waals surface area contributed by atoms with Gasteiger partial charge in [0.15, 0.2) is 0 Å². The molecule has 27 heavy (non-hydrogen) atoms.